The van der Waals surface area contributed by atoms with Crippen molar-refractivity contribution in [2.24, 2.45) is 29.1 Å². The molecular weight excluding hydrogens is 324 g/mol. The van der Waals surface area contributed by atoms with Crippen LogP contribution in [0.4, 0.5) is 0 Å². The number of aliphatic hydroxyl groups is 3. The van der Waals surface area contributed by atoms with E-state index in [1.807, 2.05) is 6.92 Å². The van der Waals surface area contributed by atoms with Gasteiger partial charge < -0.3 is 20.1 Å². The normalized spacial score (nSPS) is 56.6. The first-order valence-corrected chi connectivity index (χ1v) is 9.33. The molecule has 0 aromatic heterocycles. The lowest BCUT2D eigenvalue weighted by Crippen LogP contribution is -2.78. The number of ether oxygens (including phenoxy) is 1. The van der Waals surface area contributed by atoms with Crippen LogP contribution in [0.25, 0.3) is 0 Å². The third-order valence-electron chi connectivity index (χ3n) is 7.91. The van der Waals surface area contributed by atoms with E-state index < -0.39 is 47.1 Å². The fourth-order valence-corrected chi connectivity index (χ4v) is 6.89. The predicted molar refractivity (Wildman–Crippen MR) is 85.1 cm³/mol. The fraction of sp³-hybridized carbons (Fsp3) is 0.789. The van der Waals surface area contributed by atoms with Crippen molar-refractivity contribution in [1.29, 1.82) is 0 Å². The first-order chi connectivity index (χ1) is 11.7. The van der Waals surface area contributed by atoms with Crippen LogP contribution >= 0.6 is 0 Å². The fourth-order valence-electron chi connectivity index (χ4n) is 6.89. The Kier molecular flexibility index (Phi) is 2.90. The number of hydrogen-bond donors (Lipinski definition) is 3. The van der Waals surface area contributed by atoms with Crippen molar-refractivity contribution in [2.45, 2.75) is 63.4 Å². The first-order valence-electron chi connectivity index (χ1n) is 9.33. The second kappa shape index (κ2) is 4.53. The summed E-state index contributed by atoms with van der Waals surface area (Å²) in [4.78, 5) is 26.2. The summed E-state index contributed by atoms with van der Waals surface area (Å²) in [6.07, 6.45) is -0.448. The van der Waals surface area contributed by atoms with Crippen LogP contribution in [0.2, 0.25) is 0 Å². The zero-order valence-electron chi connectivity index (χ0n) is 14.4. The number of allylic oxidation sites excluding steroid dienone is 1. The Labute approximate surface area is 145 Å². The summed E-state index contributed by atoms with van der Waals surface area (Å²) in [5.74, 6) is -2.30. The van der Waals surface area contributed by atoms with E-state index in [9.17, 15) is 24.9 Å². The van der Waals surface area contributed by atoms with E-state index in [-0.39, 0.29) is 17.6 Å². The first kappa shape index (κ1) is 16.0. The molecule has 2 aliphatic heterocycles. The van der Waals surface area contributed by atoms with E-state index in [1.165, 1.54) is 0 Å². The van der Waals surface area contributed by atoms with E-state index in [0.29, 0.717) is 36.8 Å². The lowest BCUT2D eigenvalue weighted by Gasteiger charge is -2.64. The van der Waals surface area contributed by atoms with Crippen molar-refractivity contribution in [1.82, 2.24) is 0 Å². The molecule has 136 valence electrons. The molecule has 4 fully saturated rings. The molecule has 2 saturated heterocycles. The molecule has 2 saturated carbocycles. The lowest BCUT2D eigenvalue weighted by molar-refractivity contribution is -0.286. The standard InChI is InChI=1S/C19H24O6/c1-7-5-10(20)6-9-3-4-18-8(2)14(21)16(25-17(18)23)13-15(22)11(7)12(9)19(13,18)24/h7-10,13-14,16,20-21,24H,3-6H2,1-2H3/t7-,8?,9+,10-,13+,14?,16-,18-,19-/m0/s1. The van der Waals surface area contributed by atoms with E-state index in [0.717, 1.165) is 0 Å². The molecule has 0 aromatic rings. The number of fused-ring (bicyclic) bond motifs is 2. The van der Waals surface area contributed by atoms with Gasteiger partial charge in [0, 0.05) is 11.5 Å². The molecular formula is C19H24O6. The minimum absolute atomic E-state index is 0.0870. The van der Waals surface area contributed by atoms with Crippen LogP contribution in [-0.2, 0) is 14.3 Å². The number of esters is 1. The van der Waals surface area contributed by atoms with Crippen LogP contribution in [-0.4, -0.2) is 51.0 Å². The van der Waals surface area contributed by atoms with E-state index in [2.05, 4.69) is 0 Å². The highest BCUT2D eigenvalue weighted by molar-refractivity contribution is 6.06. The van der Waals surface area contributed by atoms with Crippen LogP contribution in [0.1, 0.15) is 39.5 Å². The molecule has 25 heavy (non-hydrogen) atoms. The van der Waals surface area contributed by atoms with Gasteiger partial charge in [0.1, 0.15) is 17.1 Å². The second-order valence-electron chi connectivity index (χ2n) is 8.82. The maximum absolute atomic E-state index is 13.3. The highest BCUT2D eigenvalue weighted by Crippen LogP contribution is 2.70. The van der Waals surface area contributed by atoms with Crippen molar-refractivity contribution in [3.8, 4) is 0 Å². The highest BCUT2D eigenvalue weighted by atomic mass is 16.6. The largest absolute Gasteiger partial charge is 0.458 e. The summed E-state index contributed by atoms with van der Waals surface area (Å²) in [7, 11) is 0. The van der Waals surface area contributed by atoms with Crippen LogP contribution in [0, 0.1) is 29.1 Å². The van der Waals surface area contributed by atoms with Gasteiger partial charge in [-0.25, -0.2) is 0 Å². The topological polar surface area (TPSA) is 104 Å². The Morgan fingerprint density at radius 3 is 2.60 bits per heavy atom. The average molecular weight is 348 g/mol. The zero-order chi connectivity index (χ0) is 17.9. The predicted octanol–water partition coefficient (Wildman–Crippen LogP) is 0.336. The minimum Gasteiger partial charge on any atom is -0.458 e. The number of Topliss-reactive ketones (excluding diaryl/α,β-unsaturated/α-hetero) is 1. The van der Waals surface area contributed by atoms with Gasteiger partial charge in [0.15, 0.2) is 5.78 Å². The maximum atomic E-state index is 13.3. The summed E-state index contributed by atoms with van der Waals surface area (Å²) in [6, 6.07) is 0. The molecule has 9 atom stereocenters. The Hall–Kier alpha value is -1.24. The average Bonchev–Trinajstić information content (AvgIpc) is 2.68. The molecule has 2 heterocycles. The number of carbonyl (C=O) groups excluding carboxylic acids is 2. The van der Waals surface area contributed by atoms with Crippen molar-refractivity contribution in [2.75, 3.05) is 0 Å². The molecule has 3 N–H and O–H groups in total. The van der Waals surface area contributed by atoms with Crippen molar-refractivity contribution in [3.63, 3.8) is 0 Å². The molecule has 0 aromatic carbocycles. The van der Waals surface area contributed by atoms with E-state index in [4.69, 9.17) is 4.74 Å². The third kappa shape index (κ3) is 1.47. The lowest BCUT2D eigenvalue weighted by atomic mass is 9.44. The second-order valence-corrected chi connectivity index (χ2v) is 8.82. The van der Waals surface area contributed by atoms with E-state index in [1.54, 1.807) is 6.92 Å². The molecule has 4 aliphatic carbocycles. The molecule has 6 heteroatoms. The quantitative estimate of drug-likeness (QED) is 0.545. The maximum Gasteiger partial charge on any atom is 0.316 e. The van der Waals surface area contributed by atoms with Gasteiger partial charge in [-0.3, -0.25) is 9.59 Å². The monoisotopic (exact) mass is 348 g/mol. The van der Waals surface area contributed by atoms with Gasteiger partial charge in [-0.05, 0) is 43.1 Å². The van der Waals surface area contributed by atoms with Gasteiger partial charge in [0.05, 0.1) is 18.1 Å². The Morgan fingerprint density at radius 1 is 1.16 bits per heavy atom. The van der Waals surface area contributed by atoms with E-state index >= 15 is 0 Å². The van der Waals surface area contributed by atoms with Crippen molar-refractivity contribution >= 4 is 11.8 Å². The van der Waals surface area contributed by atoms with Gasteiger partial charge in [-0.15, -0.1) is 0 Å². The Bertz CT molecular complexity index is 727. The number of aliphatic hydroxyl groups excluding tert-OH is 2. The number of hydrogen-bond acceptors (Lipinski definition) is 6. The zero-order valence-corrected chi connectivity index (χ0v) is 14.4. The third-order valence-corrected chi connectivity index (χ3v) is 7.91. The van der Waals surface area contributed by atoms with Crippen molar-refractivity contribution in [3.05, 3.63) is 11.1 Å². The SMILES string of the molecule is CC1C(O)[C@H]2OC(=O)[C@]13CC[C@@H]1C[C@@H](O)C[C@H](C)C4=C1[C@]3(O)[C@@H]2C4=O. The summed E-state index contributed by atoms with van der Waals surface area (Å²) in [6.45, 7) is 3.68. The summed E-state index contributed by atoms with van der Waals surface area (Å²) in [5.41, 5.74) is -1.57. The van der Waals surface area contributed by atoms with Crippen LogP contribution < -0.4 is 0 Å². The van der Waals surface area contributed by atoms with Gasteiger partial charge >= 0.3 is 5.97 Å². The molecule has 2 unspecified atom stereocenters. The molecule has 1 spiro atoms. The van der Waals surface area contributed by atoms with Crippen LogP contribution in [0.5, 0.6) is 0 Å². The molecule has 0 radical (unpaired) electrons. The molecule has 6 nitrogen and oxygen atoms in total. The Morgan fingerprint density at radius 2 is 1.88 bits per heavy atom. The Balaban J connectivity index is 1.80. The number of ketones is 1. The molecule has 6 aliphatic rings. The highest BCUT2D eigenvalue weighted by Gasteiger charge is 2.81. The van der Waals surface area contributed by atoms with Gasteiger partial charge in [-0.2, -0.15) is 0 Å². The van der Waals surface area contributed by atoms with Gasteiger partial charge in [-0.1, -0.05) is 13.8 Å². The number of carbonyl (C=O) groups is 2. The van der Waals surface area contributed by atoms with Gasteiger partial charge in [0.2, 0.25) is 0 Å². The molecule has 0 amide bonds. The van der Waals surface area contributed by atoms with Crippen LogP contribution in [0.15, 0.2) is 11.1 Å². The minimum atomic E-state index is -1.57. The number of rotatable bonds is 0. The summed E-state index contributed by atoms with van der Waals surface area (Å²) in [5, 5.41) is 33.0. The molecule has 6 rings (SSSR count). The molecule has 2 bridgehead atoms. The van der Waals surface area contributed by atoms with Gasteiger partial charge in [0.25, 0.3) is 0 Å². The summed E-state index contributed by atoms with van der Waals surface area (Å²) >= 11 is 0. The smallest absolute Gasteiger partial charge is 0.316 e. The van der Waals surface area contributed by atoms with Crippen LogP contribution in [0.3, 0.4) is 0 Å². The van der Waals surface area contributed by atoms with Crippen molar-refractivity contribution < 1.29 is 29.6 Å². The summed E-state index contributed by atoms with van der Waals surface area (Å²) < 4.78 is 5.48.